The van der Waals surface area contributed by atoms with E-state index in [1.54, 1.807) is 0 Å². The normalized spacial score (nSPS) is 16.1. The summed E-state index contributed by atoms with van der Waals surface area (Å²) in [5, 5.41) is 8.30. The molecule has 0 fully saturated rings. The predicted molar refractivity (Wildman–Crippen MR) is 38.8 cm³/mol. The molecule has 6 heteroatoms. The van der Waals surface area contributed by atoms with Gasteiger partial charge in [0.25, 0.3) is 0 Å². The molecule has 0 aliphatic carbocycles. The number of hydrogen-bond donors (Lipinski definition) is 3. The van der Waals surface area contributed by atoms with E-state index in [-0.39, 0.29) is 13.0 Å². The van der Waals surface area contributed by atoms with Gasteiger partial charge in [-0.2, -0.15) is 0 Å². The van der Waals surface area contributed by atoms with E-state index < -0.39 is 24.4 Å². The van der Waals surface area contributed by atoms with Crippen LogP contribution in [0.2, 0.25) is 0 Å². The van der Waals surface area contributed by atoms with E-state index in [0.717, 1.165) is 0 Å². The SMILES string of the molecule is NCC(C[C@H](N)C(=O)O)C(F)F. The molecule has 0 aromatic carbocycles. The monoisotopic (exact) mass is 182 g/mol. The lowest BCUT2D eigenvalue weighted by Gasteiger charge is -2.15. The summed E-state index contributed by atoms with van der Waals surface area (Å²) in [6.45, 7) is -0.251. The number of carboxylic acid groups (broad SMARTS) is 1. The minimum atomic E-state index is -2.61. The lowest BCUT2D eigenvalue weighted by Crippen LogP contribution is -2.36. The maximum absolute atomic E-state index is 12.0. The molecule has 4 nitrogen and oxygen atoms in total. The molecule has 2 atom stereocenters. The summed E-state index contributed by atoms with van der Waals surface area (Å²) in [4.78, 5) is 10.2. The molecule has 0 heterocycles. The highest BCUT2D eigenvalue weighted by Gasteiger charge is 2.24. The quantitative estimate of drug-likeness (QED) is 0.541. The molecule has 0 bridgehead atoms. The number of hydrogen-bond acceptors (Lipinski definition) is 3. The van der Waals surface area contributed by atoms with Crippen molar-refractivity contribution < 1.29 is 18.7 Å². The molecule has 0 saturated carbocycles. The molecular formula is C6H12F2N2O2. The molecular weight excluding hydrogens is 170 g/mol. The van der Waals surface area contributed by atoms with Crippen LogP contribution in [-0.4, -0.2) is 30.1 Å². The Morgan fingerprint density at radius 3 is 2.25 bits per heavy atom. The Balaban J connectivity index is 3.93. The van der Waals surface area contributed by atoms with Crippen LogP contribution in [0.25, 0.3) is 0 Å². The Labute approximate surface area is 68.5 Å². The van der Waals surface area contributed by atoms with Gasteiger partial charge in [-0.15, -0.1) is 0 Å². The smallest absolute Gasteiger partial charge is 0.320 e. The van der Waals surface area contributed by atoms with E-state index in [0.29, 0.717) is 0 Å². The molecule has 0 aliphatic rings. The number of aliphatic carboxylic acids is 1. The third-order valence-corrected chi connectivity index (χ3v) is 1.53. The predicted octanol–water partition coefficient (Wildman–Crippen LogP) is -0.372. The molecule has 0 saturated heterocycles. The van der Waals surface area contributed by atoms with Gasteiger partial charge in [0.2, 0.25) is 6.43 Å². The van der Waals surface area contributed by atoms with Crippen LogP contribution < -0.4 is 11.5 Å². The van der Waals surface area contributed by atoms with Gasteiger partial charge in [-0.1, -0.05) is 0 Å². The fourth-order valence-corrected chi connectivity index (χ4v) is 0.729. The number of rotatable bonds is 5. The minimum absolute atomic E-state index is 0.251. The van der Waals surface area contributed by atoms with Crippen molar-refractivity contribution in [2.24, 2.45) is 17.4 Å². The van der Waals surface area contributed by atoms with Crippen LogP contribution in [0.4, 0.5) is 8.78 Å². The van der Waals surface area contributed by atoms with E-state index in [1.807, 2.05) is 0 Å². The first-order valence-electron chi connectivity index (χ1n) is 3.45. The van der Waals surface area contributed by atoms with Crippen molar-refractivity contribution >= 4 is 5.97 Å². The van der Waals surface area contributed by atoms with Gasteiger partial charge in [0.15, 0.2) is 0 Å². The summed E-state index contributed by atoms with van der Waals surface area (Å²) in [5.41, 5.74) is 10.0. The van der Waals surface area contributed by atoms with E-state index in [2.05, 4.69) is 0 Å². The largest absolute Gasteiger partial charge is 0.480 e. The molecule has 1 unspecified atom stereocenters. The van der Waals surface area contributed by atoms with Gasteiger partial charge in [-0.05, 0) is 6.42 Å². The summed E-state index contributed by atoms with van der Waals surface area (Å²) in [6, 6.07) is -1.26. The first-order chi connectivity index (χ1) is 5.49. The van der Waals surface area contributed by atoms with Crippen LogP contribution in [0.15, 0.2) is 0 Å². The van der Waals surface area contributed by atoms with Crippen LogP contribution in [0.5, 0.6) is 0 Å². The Kier molecular flexibility index (Phi) is 4.68. The molecule has 0 spiro atoms. The van der Waals surface area contributed by atoms with Gasteiger partial charge in [0.05, 0.1) is 0 Å². The highest BCUT2D eigenvalue weighted by Crippen LogP contribution is 2.13. The Morgan fingerprint density at radius 1 is 1.50 bits per heavy atom. The van der Waals surface area contributed by atoms with Crippen molar-refractivity contribution in [2.45, 2.75) is 18.9 Å². The number of halogens is 2. The zero-order chi connectivity index (χ0) is 9.72. The van der Waals surface area contributed by atoms with Gasteiger partial charge in [-0.3, -0.25) is 4.79 Å². The summed E-state index contributed by atoms with van der Waals surface area (Å²) >= 11 is 0. The second-order valence-electron chi connectivity index (χ2n) is 2.51. The highest BCUT2D eigenvalue weighted by atomic mass is 19.3. The van der Waals surface area contributed by atoms with Crippen molar-refractivity contribution in [3.63, 3.8) is 0 Å². The van der Waals surface area contributed by atoms with Crippen molar-refractivity contribution in [2.75, 3.05) is 6.54 Å². The van der Waals surface area contributed by atoms with Crippen molar-refractivity contribution in [1.29, 1.82) is 0 Å². The highest BCUT2D eigenvalue weighted by molar-refractivity contribution is 5.73. The van der Waals surface area contributed by atoms with Gasteiger partial charge >= 0.3 is 5.97 Å². The topological polar surface area (TPSA) is 89.3 Å². The molecule has 0 aromatic heterocycles. The standard InChI is InChI=1S/C6H12F2N2O2/c7-5(8)3(2-9)1-4(10)6(11)12/h3-5H,1-2,9-10H2,(H,11,12)/t3?,4-/m0/s1. The Morgan fingerprint density at radius 2 is 2.00 bits per heavy atom. The third kappa shape index (κ3) is 3.59. The van der Waals surface area contributed by atoms with Crippen molar-refractivity contribution in [1.82, 2.24) is 0 Å². The second-order valence-corrected chi connectivity index (χ2v) is 2.51. The fourth-order valence-electron chi connectivity index (χ4n) is 0.729. The lowest BCUT2D eigenvalue weighted by atomic mass is 10.0. The average molecular weight is 182 g/mol. The molecule has 0 aliphatic heterocycles. The number of nitrogens with two attached hydrogens (primary N) is 2. The van der Waals surface area contributed by atoms with Gasteiger partial charge < -0.3 is 16.6 Å². The maximum atomic E-state index is 12.0. The van der Waals surface area contributed by atoms with E-state index in [4.69, 9.17) is 16.6 Å². The molecule has 5 N–H and O–H groups in total. The van der Waals surface area contributed by atoms with E-state index in [1.165, 1.54) is 0 Å². The first kappa shape index (κ1) is 11.2. The van der Waals surface area contributed by atoms with Crippen LogP contribution in [0, 0.1) is 5.92 Å². The van der Waals surface area contributed by atoms with Crippen LogP contribution in [0.3, 0.4) is 0 Å². The fraction of sp³-hybridized carbons (Fsp3) is 0.833. The molecule has 12 heavy (non-hydrogen) atoms. The van der Waals surface area contributed by atoms with Crippen LogP contribution in [0.1, 0.15) is 6.42 Å². The summed E-state index contributed by atoms with van der Waals surface area (Å²) in [5.74, 6) is -2.41. The van der Waals surface area contributed by atoms with Crippen molar-refractivity contribution in [3.8, 4) is 0 Å². The Hall–Kier alpha value is -0.750. The molecule has 0 radical (unpaired) electrons. The zero-order valence-electron chi connectivity index (χ0n) is 6.41. The maximum Gasteiger partial charge on any atom is 0.320 e. The van der Waals surface area contributed by atoms with E-state index >= 15 is 0 Å². The third-order valence-electron chi connectivity index (χ3n) is 1.53. The summed E-state index contributed by atoms with van der Waals surface area (Å²) in [6.07, 6.45) is -2.90. The number of carboxylic acids is 1. The van der Waals surface area contributed by atoms with Gasteiger partial charge in [0.1, 0.15) is 6.04 Å². The van der Waals surface area contributed by atoms with Gasteiger partial charge in [0, 0.05) is 12.5 Å². The van der Waals surface area contributed by atoms with Crippen LogP contribution >= 0.6 is 0 Å². The number of alkyl halides is 2. The van der Waals surface area contributed by atoms with E-state index in [9.17, 15) is 13.6 Å². The summed E-state index contributed by atoms with van der Waals surface area (Å²) in [7, 11) is 0. The Bertz CT molecular complexity index is 154. The minimum Gasteiger partial charge on any atom is -0.480 e. The molecule has 0 amide bonds. The molecule has 0 rings (SSSR count). The van der Waals surface area contributed by atoms with Gasteiger partial charge in [-0.25, -0.2) is 8.78 Å². The zero-order valence-corrected chi connectivity index (χ0v) is 6.41. The molecule has 0 aromatic rings. The van der Waals surface area contributed by atoms with Crippen molar-refractivity contribution in [3.05, 3.63) is 0 Å². The van der Waals surface area contributed by atoms with Crippen LogP contribution in [-0.2, 0) is 4.79 Å². The second kappa shape index (κ2) is 5.00. The molecule has 72 valence electrons. The first-order valence-corrected chi connectivity index (χ1v) is 3.45. The number of carbonyl (C=O) groups is 1. The summed E-state index contributed by atoms with van der Waals surface area (Å²) < 4.78 is 24.0. The lowest BCUT2D eigenvalue weighted by molar-refractivity contribution is -0.139. The average Bonchev–Trinajstić information content (AvgIpc) is 1.98.